The monoisotopic (exact) mass is 156 g/mol. The van der Waals surface area contributed by atoms with Crippen LogP contribution in [0.3, 0.4) is 0 Å². The summed E-state index contributed by atoms with van der Waals surface area (Å²) in [7, 11) is 0. The first-order valence-electron chi connectivity index (χ1n) is 4.71. The van der Waals surface area contributed by atoms with E-state index in [4.69, 9.17) is 5.73 Å². The first kappa shape index (κ1) is 9.01. The second-order valence-corrected chi connectivity index (χ2v) is 3.66. The summed E-state index contributed by atoms with van der Waals surface area (Å²) >= 11 is 0. The Kier molecular flexibility index (Phi) is 3.34. The van der Waals surface area contributed by atoms with Crippen LogP contribution in [0.2, 0.25) is 0 Å². The topological polar surface area (TPSA) is 29.3 Å². The first-order valence-corrected chi connectivity index (χ1v) is 4.71. The summed E-state index contributed by atoms with van der Waals surface area (Å²) in [5, 5.41) is 0. The molecule has 66 valence electrons. The Morgan fingerprint density at radius 1 is 1.27 bits per heavy atom. The van der Waals surface area contributed by atoms with Gasteiger partial charge in [-0.25, -0.2) is 0 Å². The van der Waals surface area contributed by atoms with Crippen molar-refractivity contribution < 1.29 is 0 Å². The van der Waals surface area contributed by atoms with Gasteiger partial charge in [-0.15, -0.1) is 0 Å². The fraction of sp³-hybridized carbons (Fsp3) is 1.00. The van der Waals surface area contributed by atoms with E-state index >= 15 is 0 Å². The Labute approximate surface area is 69.8 Å². The van der Waals surface area contributed by atoms with E-state index in [1.807, 2.05) is 0 Å². The lowest BCUT2D eigenvalue weighted by molar-refractivity contribution is 0.107. The molecule has 1 heterocycles. The molecule has 0 aromatic rings. The van der Waals surface area contributed by atoms with Crippen LogP contribution < -0.4 is 5.73 Å². The van der Waals surface area contributed by atoms with E-state index < -0.39 is 0 Å². The molecule has 0 radical (unpaired) electrons. The average Bonchev–Trinajstić information content (AvgIpc) is 1.97. The van der Waals surface area contributed by atoms with E-state index in [9.17, 15) is 0 Å². The highest BCUT2D eigenvalue weighted by Gasteiger charge is 2.23. The highest BCUT2D eigenvalue weighted by atomic mass is 15.2. The Morgan fingerprint density at radius 3 is 2.27 bits per heavy atom. The third-order valence-corrected chi connectivity index (χ3v) is 2.76. The molecule has 0 unspecified atom stereocenters. The third-order valence-electron chi connectivity index (χ3n) is 2.76. The third kappa shape index (κ3) is 2.17. The Hall–Kier alpha value is -0.0800. The van der Waals surface area contributed by atoms with Crippen molar-refractivity contribution >= 4 is 0 Å². The van der Waals surface area contributed by atoms with Gasteiger partial charge in [0.05, 0.1) is 0 Å². The van der Waals surface area contributed by atoms with Crippen molar-refractivity contribution in [3.63, 3.8) is 0 Å². The molecule has 2 nitrogen and oxygen atoms in total. The molecular weight excluding hydrogens is 136 g/mol. The van der Waals surface area contributed by atoms with E-state index in [2.05, 4.69) is 18.7 Å². The second kappa shape index (κ2) is 4.07. The maximum absolute atomic E-state index is 5.54. The van der Waals surface area contributed by atoms with Gasteiger partial charge in [-0.1, -0.05) is 6.42 Å². The summed E-state index contributed by atoms with van der Waals surface area (Å²) in [4.78, 5) is 2.53. The zero-order valence-electron chi connectivity index (χ0n) is 7.71. The number of nitrogens with two attached hydrogens (primary N) is 1. The number of hydrogen-bond donors (Lipinski definition) is 1. The van der Waals surface area contributed by atoms with Gasteiger partial charge in [-0.2, -0.15) is 0 Å². The Bertz CT molecular complexity index is 104. The van der Waals surface area contributed by atoms with Gasteiger partial charge in [0.25, 0.3) is 0 Å². The summed E-state index contributed by atoms with van der Waals surface area (Å²) in [5.41, 5.74) is 5.54. The predicted molar refractivity (Wildman–Crippen MR) is 48.5 cm³/mol. The lowest BCUT2D eigenvalue weighted by Crippen LogP contribution is -2.45. The minimum atomic E-state index is 0.752. The van der Waals surface area contributed by atoms with Crippen LogP contribution in [0, 0.1) is 0 Å². The number of rotatable bonds is 2. The summed E-state index contributed by atoms with van der Waals surface area (Å²) in [5.74, 6) is 0. The van der Waals surface area contributed by atoms with Crippen molar-refractivity contribution in [2.75, 3.05) is 13.1 Å². The molecule has 1 aliphatic rings. The molecule has 1 aliphatic heterocycles. The lowest BCUT2D eigenvalue weighted by atomic mass is 9.98. The molecule has 1 saturated heterocycles. The smallest absolute Gasteiger partial charge is 0.0110 e. The molecule has 0 amide bonds. The maximum atomic E-state index is 5.54. The van der Waals surface area contributed by atoms with Gasteiger partial charge in [-0.3, -0.25) is 4.90 Å². The zero-order chi connectivity index (χ0) is 8.27. The van der Waals surface area contributed by atoms with E-state index in [1.54, 1.807) is 0 Å². The zero-order valence-corrected chi connectivity index (χ0v) is 7.71. The first-order chi connectivity index (χ1) is 5.25. The van der Waals surface area contributed by atoms with Crippen LogP contribution in [0.25, 0.3) is 0 Å². The van der Waals surface area contributed by atoms with Crippen LogP contribution in [0.1, 0.15) is 33.1 Å². The summed E-state index contributed by atoms with van der Waals surface area (Å²) in [6, 6.07) is 1.50. The van der Waals surface area contributed by atoms with Gasteiger partial charge in [0.2, 0.25) is 0 Å². The minimum Gasteiger partial charge on any atom is -0.329 e. The molecule has 0 aliphatic carbocycles. The van der Waals surface area contributed by atoms with Crippen LogP contribution in [-0.2, 0) is 0 Å². The van der Waals surface area contributed by atoms with E-state index in [-0.39, 0.29) is 0 Å². The van der Waals surface area contributed by atoms with Crippen molar-refractivity contribution in [3.05, 3.63) is 0 Å². The van der Waals surface area contributed by atoms with Crippen molar-refractivity contribution in [2.45, 2.75) is 45.2 Å². The van der Waals surface area contributed by atoms with Crippen LogP contribution >= 0.6 is 0 Å². The molecule has 0 saturated carbocycles. The Balaban J connectivity index is 2.41. The molecule has 11 heavy (non-hydrogen) atoms. The van der Waals surface area contributed by atoms with Crippen LogP contribution in [0.15, 0.2) is 0 Å². The minimum absolute atomic E-state index is 0.752. The SMILES string of the molecule is C[C@@H]1CCC[C@H](C)N1CCN. The van der Waals surface area contributed by atoms with Crippen molar-refractivity contribution in [1.29, 1.82) is 0 Å². The number of piperidine rings is 1. The maximum Gasteiger partial charge on any atom is 0.0110 e. The molecule has 2 N–H and O–H groups in total. The van der Waals surface area contributed by atoms with Crippen molar-refractivity contribution in [2.24, 2.45) is 5.73 Å². The van der Waals surface area contributed by atoms with Crippen molar-refractivity contribution in [1.82, 2.24) is 4.90 Å². The van der Waals surface area contributed by atoms with Crippen LogP contribution in [0.5, 0.6) is 0 Å². The number of nitrogens with zero attached hydrogens (tertiary/aromatic N) is 1. The standard InChI is InChI=1S/C9H20N2/c1-8-4-3-5-9(2)11(8)7-6-10/h8-9H,3-7,10H2,1-2H3/t8-,9+. The average molecular weight is 156 g/mol. The van der Waals surface area contributed by atoms with Gasteiger partial charge in [0.15, 0.2) is 0 Å². The summed E-state index contributed by atoms with van der Waals surface area (Å²) in [6.45, 7) is 6.49. The largest absolute Gasteiger partial charge is 0.329 e. The van der Waals surface area contributed by atoms with Crippen molar-refractivity contribution in [3.8, 4) is 0 Å². The molecule has 1 fully saturated rings. The van der Waals surface area contributed by atoms with Gasteiger partial charge in [0, 0.05) is 25.2 Å². The molecule has 1 rings (SSSR count). The quantitative estimate of drug-likeness (QED) is 0.651. The van der Waals surface area contributed by atoms with Gasteiger partial charge < -0.3 is 5.73 Å². The molecule has 2 heteroatoms. The van der Waals surface area contributed by atoms with Crippen LogP contribution in [0.4, 0.5) is 0 Å². The summed E-state index contributed by atoms with van der Waals surface area (Å²) in [6.07, 6.45) is 4.10. The lowest BCUT2D eigenvalue weighted by Gasteiger charge is -2.38. The van der Waals surface area contributed by atoms with Gasteiger partial charge in [-0.05, 0) is 26.7 Å². The second-order valence-electron chi connectivity index (χ2n) is 3.66. The number of hydrogen-bond acceptors (Lipinski definition) is 2. The van der Waals surface area contributed by atoms with Gasteiger partial charge >= 0.3 is 0 Å². The molecule has 0 aromatic heterocycles. The molecule has 0 spiro atoms. The highest BCUT2D eigenvalue weighted by molar-refractivity contribution is 4.79. The van der Waals surface area contributed by atoms with E-state index in [0.29, 0.717) is 0 Å². The fourth-order valence-electron chi connectivity index (χ4n) is 2.06. The molecular formula is C9H20N2. The fourth-order valence-corrected chi connectivity index (χ4v) is 2.06. The van der Waals surface area contributed by atoms with Crippen LogP contribution in [-0.4, -0.2) is 30.1 Å². The Morgan fingerprint density at radius 2 is 1.82 bits per heavy atom. The molecule has 0 aromatic carbocycles. The molecule has 2 atom stereocenters. The number of likely N-dealkylation sites (tertiary alicyclic amines) is 1. The molecule has 0 bridgehead atoms. The highest BCUT2D eigenvalue weighted by Crippen LogP contribution is 2.21. The predicted octanol–water partition coefficient (Wildman–Crippen LogP) is 1.21. The van der Waals surface area contributed by atoms with E-state index in [0.717, 1.165) is 25.2 Å². The van der Waals surface area contributed by atoms with Gasteiger partial charge in [0.1, 0.15) is 0 Å². The summed E-state index contributed by atoms with van der Waals surface area (Å²) < 4.78 is 0. The van der Waals surface area contributed by atoms with E-state index in [1.165, 1.54) is 19.3 Å². The normalized spacial score (nSPS) is 34.1.